The lowest BCUT2D eigenvalue weighted by atomic mass is 9.86. The zero-order valence-corrected chi connectivity index (χ0v) is 6.96. The predicted molar refractivity (Wildman–Crippen MR) is 48.3 cm³/mol. The van der Waals surface area contributed by atoms with Crippen molar-refractivity contribution >= 4 is 6.21 Å². The summed E-state index contributed by atoms with van der Waals surface area (Å²) in [5, 5.41) is 7.22. The monoisotopic (exact) mass is 147 g/mol. The number of hydrogen-bond donors (Lipinski definition) is 1. The van der Waals surface area contributed by atoms with Gasteiger partial charge >= 0.3 is 0 Å². The Hall–Kier alpha value is -1.11. The van der Waals surface area contributed by atoms with Crippen molar-refractivity contribution in [3.05, 3.63) is 35.9 Å². The molecule has 0 unspecified atom stereocenters. The molecule has 1 aromatic rings. The molecule has 0 aliphatic heterocycles. The van der Waals surface area contributed by atoms with Crippen LogP contribution in [-0.4, -0.2) is 6.21 Å². The number of hydrogen-bond acceptors (Lipinski definition) is 1. The molecular formula is C10H13N. The first-order valence-electron chi connectivity index (χ1n) is 3.74. The molecule has 1 aromatic carbocycles. The van der Waals surface area contributed by atoms with Crippen LogP contribution >= 0.6 is 0 Å². The molecule has 0 radical (unpaired) electrons. The maximum Gasteiger partial charge on any atom is 0.0242 e. The van der Waals surface area contributed by atoms with Gasteiger partial charge in [-0.1, -0.05) is 44.2 Å². The molecule has 0 amide bonds. The molecular weight excluding hydrogens is 134 g/mol. The third kappa shape index (κ3) is 1.67. The molecule has 0 atom stereocenters. The normalized spacial score (nSPS) is 11.1. The fraction of sp³-hybridized carbons (Fsp3) is 0.300. The van der Waals surface area contributed by atoms with E-state index in [4.69, 9.17) is 5.41 Å². The van der Waals surface area contributed by atoms with E-state index in [1.807, 2.05) is 44.2 Å². The standard InChI is InChI=1S/C10H13N/c1-10(2,8-11)9-6-4-3-5-7-9/h3-8,11H,1-2H3. The highest BCUT2D eigenvalue weighted by atomic mass is 14.4. The summed E-state index contributed by atoms with van der Waals surface area (Å²) < 4.78 is 0. The molecule has 0 saturated carbocycles. The Labute approximate surface area is 67.6 Å². The minimum Gasteiger partial charge on any atom is -0.312 e. The zero-order valence-electron chi connectivity index (χ0n) is 6.96. The molecule has 58 valence electrons. The second kappa shape index (κ2) is 2.87. The van der Waals surface area contributed by atoms with E-state index in [9.17, 15) is 0 Å². The fourth-order valence-electron chi connectivity index (χ4n) is 0.951. The molecule has 1 heteroatoms. The smallest absolute Gasteiger partial charge is 0.0242 e. The molecule has 1 nitrogen and oxygen atoms in total. The minimum absolute atomic E-state index is 0.124. The van der Waals surface area contributed by atoms with Crippen LogP contribution in [0.5, 0.6) is 0 Å². The summed E-state index contributed by atoms with van der Waals surface area (Å²) in [5.41, 5.74) is 1.07. The van der Waals surface area contributed by atoms with E-state index in [2.05, 4.69) is 0 Å². The molecule has 0 spiro atoms. The van der Waals surface area contributed by atoms with Gasteiger partial charge in [0.15, 0.2) is 0 Å². The molecule has 11 heavy (non-hydrogen) atoms. The molecule has 0 aliphatic carbocycles. The molecule has 0 saturated heterocycles. The molecule has 0 fully saturated rings. The van der Waals surface area contributed by atoms with Crippen LogP contribution in [0.3, 0.4) is 0 Å². The van der Waals surface area contributed by atoms with Crippen molar-refractivity contribution in [3.63, 3.8) is 0 Å². The molecule has 0 heterocycles. The van der Waals surface area contributed by atoms with Crippen LogP contribution < -0.4 is 0 Å². The van der Waals surface area contributed by atoms with Crippen LogP contribution in [0.25, 0.3) is 0 Å². The summed E-state index contributed by atoms with van der Waals surface area (Å²) in [7, 11) is 0. The summed E-state index contributed by atoms with van der Waals surface area (Å²) in [5.74, 6) is 0. The van der Waals surface area contributed by atoms with Gasteiger partial charge in [0.2, 0.25) is 0 Å². The minimum atomic E-state index is -0.124. The maximum absolute atomic E-state index is 7.22. The third-order valence-electron chi connectivity index (χ3n) is 1.88. The van der Waals surface area contributed by atoms with Gasteiger partial charge in [0.1, 0.15) is 0 Å². The summed E-state index contributed by atoms with van der Waals surface area (Å²) in [6.45, 7) is 4.07. The summed E-state index contributed by atoms with van der Waals surface area (Å²) >= 11 is 0. The highest BCUT2D eigenvalue weighted by molar-refractivity contribution is 5.69. The van der Waals surface area contributed by atoms with Gasteiger partial charge in [-0.15, -0.1) is 0 Å². The molecule has 0 aliphatic rings. The summed E-state index contributed by atoms with van der Waals surface area (Å²) in [4.78, 5) is 0. The number of rotatable bonds is 2. The van der Waals surface area contributed by atoms with Gasteiger partial charge in [-0.2, -0.15) is 0 Å². The highest BCUT2D eigenvalue weighted by Crippen LogP contribution is 2.19. The topological polar surface area (TPSA) is 23.9 Å². The first-order valence-corrected chi connectivity index (χ1v) is 3.74. The van der Waals surface area contributed by atoms with E-state index in [1.54, 1.807) is 0 Å². The lowest BCUT2D eigenvalue weighted by molar-refractivity contribution is 0.731. The second-order valence-electron chi connectivity index (χ2n) is 3.23. The Kier molecular flexibility index (Phi) is 2.08. The van der Waals surface area contributed by atoms with Crippen molar-refractivity contribution in [1.29, 1.82) is 5.41 Å². The van der Waals surface area contributed by atoms with E-state index in [0.29, 0.717) is 0 Å². The quantitative estimate of drug-likeness (QED) is 0.622. The summed E-state index contributed by atoms with van der Waals surface area (Å²) in [6, 6.07) is 10.1. The van der Waals surface area contributed by atoms with Crippen LogP contribution in [0.1, 0.15) is 19.4 Å². The molecule has 0 bridgehead atoms. The molecule has 0 aromatic heterocycles. The lowest BCUT2D eigenvalue weighted by Gasteiger charge is -2.18. The van der Waals surface area contributed by atoms with Crippen molar-refractivity contribution in [1.82, 2.24) is 0 Å². The average molecular weight is 147 g/mol. The van der Waals surface area contributed by atoms with Crippen molar-refractivity contribution in [2.75, 3.05) is 0 Å². The van der Waals surface area contributed by atoms with Crippen molar-refractivity contribution in [2.24, 2.45) is 0 Å². The fourth-order valence-corrected chi connectivity index (χ4v) is 0.951. The number of nitrogens with one attached hydrogen (secondary N) is 1. The highest BCUT2D eigenvalue weighted by Gasteiger charge is 2.15. The maximum atomic E-state index is 7.22. The van der Waals surface area contributed by atoms with Crippen LogP contribution in [0.2, 0.25) is 0 Å². The van der Waals surface area contributed by atoms with Gasteiger partial charge in [0.25, 0.3) is 0 Å². The van der Waals surface area contributed by atoms with E-state index >= 15 is 0 Å². The average Bonchev–Trinajstić information content (AvgIpc) is 2.06. The van der Waals surface area contributed by atoms with E-state index in [1.165, 1.54) is 11.8 Å². The van der Waals surface area contributed by atoms with E-state index < -0.39 is 0 Å². The van der Waals surface area contributed by atoms with Crippen molar-refractivity contribution < 1.29 is 0 Å². The van der Waals surface area contributed by atoms with Crippen molar-refractivity contribution in [3.8, 4) is 0 Å². The first-order chi connectivity index (χ1) is 5.17. The lowest BCUT2D eigenvalue weighted by Crippen LogP contribution is -2.17. The third-order valence-corrected chi connectivity index (χ3v) is 1.88. The van der Waals surface area contributed by atoms with Crippen LogP contribution in [0, 0.1) is 5.41 Å². The Morgan fingerprint density at radius 2 is 1.73 bits per heavy atom. The van der Waals surface area contributed by atoms with Gasteiger partial charge in [0.05, 0.1) is 0 Å². The van der Waals surface area contributed by atoms with Gasteiger partial charge in [-0.05, 0) is 5.56 Å². The Balaban J connectivity index is 3.02. The second-order valence-corrected chi connectivity index (χ2v) is 3.23. The van der Waals surface area contributed by atoms with Crippen LogP contribution in [0.4, 0.5) is 0 Å². The number of benzene rings is 1. The largest absolute Gasteiger partial charge is 0.312 e. The first kappa shape index (κ1) is 7.99. The predicted octanol–water partition coefficient (Wildman–Crippen LogP) is 2.61. The van der Waals surface area contributed by atoms with Crippen molar-refractivity contribution in [2.45, 2.75) is 19.3 Å². The Morgan fingerprint density at radius 1 is 1.18 bits per heavy atom. The SMILES string of the molecule is CC(C)(C=N)c1ccccc1. The Morgan fingerprint density at radius 3 is 2.18 bits per heavy atom. The van der Waals surface area contributed by atoms with Crippen LogP contribution in [0.15, 0.2) is 30.3 Å². The summed E-state index contributed by atoms with van der Waals surface area (Å²) in [6.07, 6.45) is 1.47. The molecule has 1 N–H and O–H groups in total. The van der Waals surface area contributed by atoms with Crippen LogP contribution in [-0.2, 0) is 5.41 Å². The van der Waals surface area contributed by atoms with E-state index in [0.717, 1.165) is 0 Å². The van der Waals surface area contributed by atoms with Gasteiger partial charge in [-0.3, -0.25) is 0 Å². The zero-order chi connectivity index (χ0) is 8.32. The van der Waals surface area contributed by atoms with Gasteiger partial charge in [0, 0.05) is 11.6 Å². The van der Waals surface area contributed by atoms with Gasteiger partial charge < -0.3 is 5.41 Å². The Bertz CT molecular complexity index is 236. The van der Waals surface area contributed by atoms with Gasteiger partial charge in [-0.25, -0.2) is 0 Å². The van der Waals surface area contributed by atoms with E-state index in [-0.39, 0.29) is 5.41 Å². The molecule has 1 rings (SSSR count).